The van der Waals surface area contributed by atoms with Gasteiger partial charge in [-0.05, 0) is 37.3 Å². The van der Waals surface area contributed by atoms with Gasteiger partial charge in [0.25, 0.3) is 0 Å². The Morgan fingerprint density at radius 2 is 1.62 bits per heavy atom. The molecule has 182 valence electrons. The van der Waals surface area contributed by atoms with Crippen LogP contribution in [0.25, 0.3) is 44.0 Å². The number of hydrogen-bond donors (Lipinski definition) is 0. The number of fused-ring (bicyclic) bond motifs is 3. The third kappa shape index (κ3) is 3.81. The van der Waals surface area contributed by atoms with Crippen LogP contribution < -0.4 is 16.0 Å². The van der Waals surface area contributed by atoms with E-state index in [2.05, 4.69) is 0 Å². The van der Waals surface area contributed by atoms with Crippen LogP contribution in [-0.2, 0) is 7.05 Å². The Morgan fingerprint density at radius 1 is 0.838 bits per heavy atom. The number of nitrogens with zero attached hydrogens (tertiary/aromatic N) is 1. The molecule has 0 fully saturated rings. The van der Waals surface area contributed by atoms with E-state index in [0.29, 0.717) is 27.8 Å². The number of ketones is 1. The maximum atomic E-state index is 13.1. The van der Waals surface area contributed by atoms with Crippen LogP contribution in [0.1, 0.15) is 16.1 Å². The van der Waals surface area contributed by atoms with Gasteiger partial charge in [0, 0.05) is 57.7 Å². The summed E-state index contributed by atoms with van der Waals surface area (Å²) in [5, 5.41) is 2.16. The molecule has 0 atom stereocenters. The molecule has 0 aliphatic heterocycles. The number of para-hydroxylation sites is 2. The molecule has 0 unspecified atom stereocenters. The van der Waals surface area contributed by atoms with E-state index in [0.717, 1.165) is 22.0 Å². The highest BCUT2D eigenvalue weighted by molar-refractivity contribution is 6.10. The fourth-order valence-electron chi connectivity index (χ4n) is 4.80. The predicted octanol–water partition coefficient (Wildman–Crippen LogP) is 5.63. The molecule has 7 nitrogen and oxygen atoms in total. The van der Waals surface area contributed by atoms with Crippen molar-refractivity contribution in [3.63, 3.8) is 0 Å². The molecule has 0 radical (unpaired) electrons. The lowest BCUT2D eigenvalue weighted by atomic mass is 10.0. The van der Waals surface area contributed by atoms with Crippen molar-refractivity contribution in [3.8, 4) is 16.9 Å². The van der Waals surface area contributed by atoms with Crippen molar-refractivity contribution in [2.24, 2.45) is 7.05 Å². The van der Waals surface area contributed by atoms with Crippen LogP contribution in [0.5, 0.6) is 5.75 Å². The van der Waals surface area contributed by atoms with E-state index in [1.54, 1.807) is 36.4 Å². The first-order chi connectivity index (χ1) is 17.9. The first-order valence-electron chi connectivity index (χ1n) is 11.7. The fourth-order valence-corrected chi connectivity index (χ4v) is 4.80. The average molecular weight is 491 g/mol. The van der Waals surface area contributed by atoms with E-state index < -0.39 is 11.3 Å². The number of ether oxygens (including phenoxy) is 1. The quantitative estimate of drug-likeness (QED) is 0.229. The zero-order chi connectivity index (χ0) is 25.7. The van der Waals surface area contributed by atoms with Gasteiger partial charge in [-0.3, -0.25) is 4.79 Å². The number of hydrogen-bond acceptors (Lipinski definition) is 6. The summed E-state index contributed by atoms with van der Waals surface area (Å²) in [6.07, 6.45) is 0. The summed E-state index contributed by atoms with van der Waals surface area (Å²) in [6, 6.07) is 22.8. The first-order valence-corrected chi connectivity index (χ1v) is 11.7. The molecule has 0 saturated heterocycles. The Bertz CT molecular complexity index is 1970. The summed E-state index contributed by atoms with van der Waals surface area (Å²) >= 11 is 0. The Labute approximate surface area is 210 Å². The summed E-state index contributed by atoms with van der Waals surface area (Å²) in [6.45, 7) is 1.72. The minimum Gasteiger partial charge on any atom is -0.485 e. The highest BCUT2D eigenvalue weighted by atomic mass is 16.5. The van der Waals surface area contributed by atoms with Gasteiger partial charge in [-0.15, -0.1) is 0 Å². The molecule has 3 heterocycles. The lowest BCUT2D eigenvalue weighted by Crippen LogP contribution is -2.13. The lowest BCUT2D eigenvalue weighted by Gasteiger charge is -2.09. The Hall–Kier alpha value is -4.91. The van der Waals surface area contributed by atoms with Crippen LogP contribution in [0.2, 0.25) is 0 Å². The number of aryl methyl sites for hydroxylation is 1. The molecular weight excluding hydrogens is 470 g/mol. The normalized spacial score (nSPS) is 11.4. The van der Waals surface area contributed by atoms with Gasteiger partial charge < -0.3 is 18.1 Å². The number of rotatable bonds is 5. The standard InChI is InChI=1S/C30H21NO6/c1-17-29(21-8-4-5-9-24(21)31(17)2)25(32)16-35-19-11-12-20-22(15-28(33)36-27(20)14-19)23-13-18-7-3-6-10-26(18)37-30(23)34/h3-15H,16H2,1-2H3. The number of carbonyl (C=O) groups excluding carboxylic acids is 1. The van der Waals surface area contributed by atoms with Gasteiger partial charge in [0.1, 0.15) is 16.9 Å². The summed E-state index contributed by atoms with van der Waals surface area (Å²) in [5.41, 5.74) is 2.64. The van der Waals surface area contributed by atoms with E-state index in [1.807, 2.05) is 54.9 Å². The second kappa shape index (κ2) is 8.64. The maximum Gasteiger partial charge on any atom is 0.344 e. The van der Waals surface area contributed by atoms with Crippen LogP contribution in [0.4, 0.5) is 0 Å². The number of benzene rings is 3. The average Bonchev–Trinajstić information content (AvgIpc) is 3.16. The van der Waals surface area contributed by atoms with Crippen molar-refractivity contribution in [1.29, 1.82) is 0 Å². The summed E-state index contributed by atoms with van der Waals surface area (Å²) in [4.78, 5) is 38.2. The Morgan fingerprint density at radius 3 is 2.49 bits per heavy atom. The lowest BCUT2D eigenvalue weighted by molar-refractivity contribution is 0.0922. The zero-order valence-corrected chi connectivity index (χ0v) is 20.1. The summed E-state index contributed by atoms with van der Waals surface area (Å²) in [7, 11) is 1.92. The first kappa shape index (κ1) is 22.5. The third-order valence-electron chi connectivity index (χ3n) is 6.70. The molecule has 0 bridgehead atoms. The highest BCUT2D eigenvalue weighted by Crippen LogP contribution is 2.30. The smallest absolute Gasteiger partial charge is 0.344 e. The molecule has 0 aliphatic rings. The SMILES string of the molecule is Cc1c(C(=O)COc2ccc3c(-c4cc5ccccc5oc4=O)cc(=O)oc3c2)c2ccccc2n1C. The van der Waals surface area contributed by atoms with Crippen molar-refractivity contribution in [1.82, 2.24) is 4.57 Å². The topological polar surface area (TPSA) is 91.7 Å². The van der Waals surface area contributed by atoms with Crippen LogP contribution in [0.3, 0.4) is 0 Å². The molecule has 0 spiro atoms. The van der Waals surface area contributed by atoms with Gasteiger partial charge in [0.15, 0.2) is 6.61 Å². The van der Waals surface area contributed by atoms with Gasteiger partial charge >= 0.3 is 11.3 Å². The van der Waals surface area contributed by atoms with Crippen LogP contribution in [-0.4, -0.2) is 17.0 Å². The molecule has 37 heavy (non-hydrogen) atoms. The second-order valence-corrected chi connectivity index (χ2v) is 8.87. The fraction of sp³-hybridized carbons (Fsp3) is 0.100. The van der Waals surface area contributed by atoms with E-state index in [1.165, 1.54) is 6.07 Å². The van der Waals surface area contributed by atoms with Crippen molar-refractivity contribution >= 4 is 38.6 Å². The van der Waals surface area contributed by atoms with E-state index in [4.69, 9.17) is 13.6 Å². The largest absolute Gasteiger partial charge is 0.485 e. The highest BCUT2D eigenvalue weighted by Gasteiger charge is 2.19. The number of aromatic nitrogens is 1. The van der Waals surface area contributed by atoms with Crippen LogP contribution >= 0.6 is 0 Å². The van der Waals surface area contributed by atoms with Crippen molar-refractivity contribution in [2.75, 3.05) is 6.61 Å². The van der Waals surface area contributed by atoms with Crippen molar-refractivity contribution in [2.45, 2.75) is 6.92 Å². The van der Waals surface area contributed by atoms with Gasteiger partial charge in [-0.1, -0.05) is 36.4 Å². The molecule has 3 aromatic carbocycles. The molecule has 0 saturated carbocycles. The molecule has 6 aromatic rings. The molecule has 6 rings (SSSR count). The van der Waals surface area contributed by atoms with Crippen molar-refractivity contribution < 1.29 is 18.4 Å². The zero-order valence-electron chi connectivity index (χ0n) is 20.1. The maximum absolute atomic E-state index is 13.1. The van der Waals surface area contributed by atoms with Gasteiger partial charge in [0.2, 0.25) is 5.78 Å². The predicted molar refractivity (Wildman–Crippen MR) is 141 cm³/mol. The molecule has 0 N–H and O–H groups in total. The third-order valence-corrected chi connectivity index (χ3v) is 6.70. The summed E-state index contributed by atoms with van der Waals surface area (Å²) in [5.74, 6) is 0.211. The monoisotopic (exact) mass is 491 g/mol. The van der Waals surface area contributed by atoms with E-state index in [-0.39, 0.29) is 23.5 Å². The second-order valence-electron chi connectivity index (χ2n) is 8.87. The van der Waals surface area contributed by atoms with Gasteiger partial charge in [-0.25, -0.2) is 9.59 Å². The van der Waals surface area contributed by atoms with Crippen molar-refractivity contribution in [3.05, 3.63) is 111 Å². The van der Waals surface area contributed by atoms with E-state index >= 15 is 0 Å². The van der Waals surface area contributed by atoms with E-state index in [9.17, 15) is 14.4 Å². The Balaban J connectivity index is 1.35. The summed E-state index contributed by atoms with van der Waals surface area (Å²) < 4.78 is 18.7. The number of Topliss-reactive ketones (excluding diaryl/α,β-unsaturated/α-hetero) is 1. The molecule has 7 heteroatoms. The number of carbonyl (C=O) groups is 1. The molecule has 0 aliphatic carbocycles. The van der Waals surface area contributed by atoms with Gasteiger partial charge in [-0.2, -0.15) is 0 Å². The molecule has 3 aromatic heterocycles. The molecule has 0 amide bonds. The minimum absolute atomic E-state index is 0.154. The molecular formula is C30H21NO6. The Kier molecular flexibility index (Phi) is 5.26. The minimum atomic E-state index is -0.616. The van der Waals surface area contributed by atoms with Crippen LogP contribution in [0, 0.1) is 6.92 Å². The van der Waals surface area contributed by atoms with Crippen LogP contribution in [0.15, 0.2) is 97.3 Å². The van der Waals surface area contributed by atoms with Gasteiger partial charge in [0.05, 0.1) is 5.56 Å².